The largest absolute Gasteiger partial charge is 0.356 e. The summed E-state index contributed by atoms with van der Waals surface area (Å²) in [6.45, 7) is 0.395. The molecule has 0 bridgehead atoms. The number of amides is 2. The zero-order chi connectivity index (χ0) is 16.2. The predicted molar refractivity (Wildman–Crippen MR) is 87.9 cm³/mol. The van der Waals surface area contributed by atoms with Crippen molar-refractivity contribution in [3.05, 3.63) is 58.3 Å². The van der Waals surface area contributed by atoms with Crippen LogP contribution in [0.15, 0.2) is 47.8 Å². The molecule has 1 saturated heterocycles. The molecule has 1 aromatic heterocycles. The molecule has 0 saturated carbocycles. The summed E-state index contributed by atoms with van der Waals surface area (Å²) >= 11 is 1.59. The molecule has 1 aliphatic heterocycles. The molecule has 2 heterocycles. The first kappa shape index (κ1) is 15.7. The second-order valence-electron chi connectivity index (χ2n) is 5.39. The first-order chi connectivity index (χ1) is 11.2. The Morgan fingerprint density at radius 2 is 2.09 bits per heavy atom. The number of hydrogen-bond donors (Lipinski definition) is 1. The molecule has 2 aromatic rings. The van der Waals surface area contributed by atoms with Crippen molar-refractivity contribution in [2.45, 2.75) is 18.7 Å². The van der Waals surface area contributed by atoms with E-state index in [1.165, 1.54) is 0 Å². The lowest BCUT2D eigenvalue weighted by Crippen LogP contribution is -2.52. The molecule has 1 fully saturated rings. The Hall–Kier alpha value is -2.18. The van der Waals surface area contributed by atoms with E-state index in [0.29, 0.717) is 6.54 Å². The first-order valence-electron chi connectivity index (χ1n) is 7.39. The Bertz CT molecular complexity index is 672. The van der Waals surface area contributed by atoms with Crippen LogP contribution >= 0.6 is 11.3 Å². The molecule has 23 heavy (non-hydrogen) atoms. The van der Waals surface area contributed by atoms with E-state index in [9.17, 15) is 9.59 Å². The maximum absolute atomic E-state index is 12.6. The highest BCUT2D eigenvalue weighted by atomic mass is 32.1. The molecule has 2 atom stereocenters. The van der Waals surface area contributed by atoms with Crippen molar-refractivity contribution in [3.63, 3.8) is 0 Å². The summed E-state index contributed by atoms with van der Waals surface area (Å²) < 4.78 is 5.56. The molecule has 2 amide bonds. The lowest BCUT2D eigenvalue weighted by atomic mass is 9.97. The smallest absolute Gasteiger partial charge is 0.251 e. The number of hydrogen-bond acceptors (Lipinski definition) is 4. The van der Waals surface area contributed by atoms with Gasteiger partial charge in [0.2, 0.25) is 5.91 Å². The molecule has 1 aliphatic rings. The zero-order valence-electron chi connectivity index (χ0n) is 12.8. The highest BCUT2D eigenvalue weighted by molar-refractivity contribution is 7.09. The summed E-state index contributed by atoms with van der Waals surface area (Å²) in [7, 11) is 1.71. The van der Waals surface area contributed by atoms with Crippen molar-refractivity contribution in [1.29, 1.82) is 0 Å². The number of thiophene rings is 1. The molecule has 0 spiro atoms. The van der Waals surface area contributed by atoms with Crippen LogP contribution in [0.2, 0.25) is 0 Å². The number of rotatable bonds is 4. The van der Waals surface area contributed by atoms with E-state index in [0.717, 1.165) is 10.4 Å². The van der Waals surface area contributed by atoms with Crippen LogP contribution < -0.4 is 5.32 Å². The average molecular weight is 330 g/mol. The van der Waals surface area contributed by atoms with Crippen molar-refractivity contribution in [3.8, 4) is 0 Å². The van der Waals surface area contributed by atoms with Gasteiger partial charge in [-0.25, -0.2) is 0 Å². The van der Waals surface area contributed by atoms with Crippen molar-refractivity contribution in [2.75, 3.05) is 13.7 Å². The Morgan fingerprint density at radius 3 is 2.78 bits per heavy atom. The Labute approximate surface area is 138 Å². The van der Waals surface area contributed by atoms with E-state index in [4.69, 9.17) is 4.74 Å². The molecule has 0 aliphatic carbocycles. The van der Waals surface area contributed by atoms with Gasteiger partial charge in [0.05, 0.1) is 12.6 Å². The van der Waals surface area contributed by atoms with Crippen LogP contribution in [0.4, 0.5) is 0 Å². The third-order valence-corrected chi connectivity index (χ3v) is 4.78. The van der Waals surface area contributed by atoms with Gasteiger partial charge in [-0.3, -0.25) is 9.59 Å². The highest BCUT2D eigenvalue weighted by Crippen LogP contribution is 2.29. The summed E-state index contributed by atoms with van der Waals surface area (Å²) in [5.74, 6) is -0.326. The maximum atomic E-state index is 12.6. The van der Waals surface area contributed by atoms with Crippen molar-refractivity contribution in [1.82, 2.24) is 10.2 Å². The van der Waals surface area contributed by atoms with Crippen LogP contribution in [-0.4, -0.2) is 36.5 Å². The minimum Gasteiger partial charge on any atom is -0.356 e. The molecule has 0 radical (unpaired) electrons. The molecule has 5 nitrogen and oxygen atoms in total. The van der Waals surface area contributed by atoms with E-state index < -0.39 is 12.1 Å². The molecular weight excluding hydrogens is 312 g/mol. The van der Waals surface area contributed by atoms with Crippen LogP contribution in [-0.2, 0) is 20.9 Å². The van der Waals surface area contributed by atoms with Gasteiger partial charge in [0.25, 0.3) is 5.91 Å². The molecular formula is C17H18N2O3S. The minimum absolute atomic E-state index is 0.0725. The number of carbonyl (C=O) groups is 2. The van der Waals surface area contributed by atoms with E-state index in [2.05, 4.69) is 5.32 Å². The summed E-state index contributed by atoms with van der Waals surface area (Å²) in [6, 6.07) is 13.0. The van der Waals surface area contributed by atoms with E-state index in [-0.39, 0.29) is 18.4 Å². The van der Waals surface area contributed by atoms with Crippen LogP contribution in [0.1, 0.15) is 16.5 Å². The van der Waals surface area contributed by atoms with Gasteiger partial charge in [-0.2, -0.15) is 0 Å². The molecule has 6 heteroatoms. The standard InChI is InChI=1S/C17H18N2O3S/c1-19-14(20)11-22-16(15(19)12-6-3-2-4-7-12)17(21)18-10-13-8-5-9-23-13/h2-9,15-16H,10-11H2,1H3,(H,18,21)/t15-,16+/m0/s1. The fourth-order valence-corrected chi connectivity index (χ4v) is 3.31. The van der Waals surface area contributed by atoms with Crippen LogP contribution in [0.3, 0.4) is 0 Å². The van der Waals surface area contributed by atoms with E-state index in [1.807, 2.05) is 47.8 Å². The zero-order valence-corrected chi connectivity index (χ0v) is 13.6. The SMILES string of the molecule is CN1C(=O)CO[C@@H](C(=O)NCc2cccs2)[C@@H]1c1ccccc1. The highest BCUT2D eigenvalue weighted by Gasteiger charge is 2.39. The van der Waals surface area contributed by atoms with Gasteiger partial charge in [-0.05, 0) is 17.0 Å². The van der Waals surface area contributed by atoms with Gasteiger partial charge in [0, 0.05) is 11.9 Å². The predicted octanol–water partition coefficient (Wildman–Crippen LogP) is 1.96. The second-order valence-corrected chi connectivity index (χ2v) is 6.42. The van der Waals surface area contributed by atoms with Gasteiger partial charge >= 0.3 is 0 Å². The van der Waals surface area contributed by atoms with Gasteiger partial charge in [-0.1, -0.05) is 36.4 Å². The average Bonchev–Trinajstić information content (AvgIpc) is 3.09. The third-order valence-electron chi connectivity index (χ3n) is 3.90. The number of nitrogens with zero attached hydrogens (tertiary/aromatic N) is 1. The minimum atomic E-state index is -0.708. The summed E-state index contributed by atoms with van der Waals surface area (Å²) in [4.78, 5) is 27.2. The number of carbonyl (C=O) groups excluding carboxylic acids is 2. The quantitative estimate of drug-likeness (QED) is 0.932. The number of ether oxygens (including phenoxy) is 1. The topological polar surface area (TPSA) is 58.6 Å². The van der Waals surface area contributed by atoms with Crippen LogP contribution in [0.25, 0.3) is 0 Å². The first-order valence-corrected chi connectivity index (χ1v) is 8.27. The van der Waals surface area contributed by atoms with Crippen molar-refractivity contribution < 1.29 is 14.3 Å². The van der Waals surface area contributed by atoms with Gasteiger partial charge < -0.3 is 15.0 Å². The van der Waals surface area contributed by atoms with E-state index in [1.54, 1.807) is 23.3 Å². The molecule has 1 N–H and O–H groups in total. The summed E-state index contributed by atoms with van der Waals surface area (Å²) in [5.41, 5.74) is 0.888. The number of morpholine rings is 1. The van der Waals surface area contributed by atoms with Gasteiger partial charge in [-0.15, -0.1) is 11.3 Å². The Balaban J connectivity index is 1.77. The maximum Gasteiger partial charge on any atom is 0.251 e. The number of likely N-dealkylation sites (N-methyl/N-ethyl adjacent to an activating group) is 1. The molecule has 1 aromatic carbocycles. The molecule has 3 rings (SSSR count). The van der Waals surface area contributed by atoms with Gasteiger partial charge in [0.15, 0.2) is 6.10 Å². The molecule has 120 valence electrons. The lowest BCUT2D eigenvalue weighted by Gasteiger charge is -2.38. The fourth-order valence-electron chi connectivity index (χ4n) is 2.67. The number of nitrogens with one attached hydrogen (secondary N) is 1. The normalized spacial score (nSPS) is 21.3. The number of benzene rings is 1. The van der Waals surface area contributed by atoms with E-state index >= 15 is 0 Å². The van der Waals surface area contributed by atoms with Crippen LogP contribution in [0, 0.1) is 0 Å². The lowest BCUT2D eigenvalue weighted by molar-refractivity contribution is -0.162. The third kappa shape index (κ3) is 3.43. The van der Waals surface area contributed by atoms with Crippen LogP contribution in [0.5, 0.6) is 0 Å². The Morgan fingerprint density at radius 1 is 1.30 bits per heavy atom. The summed E-state index contributed by atoms with van der Waals surface area (Å²) in [5, 5.41) is 4.87. The van der Waals surface area contributed by atoms with Gasteiger partial charge in [0.1, 0.15) is 6.61 Å². The monoisotopic (exact) mass is 330 g/mol. The molecule has 0 unspecified atom stereocenters. The van der Waals surface area contributed by atoms with Crippen molar-refractivity contribution in [2.24, 2.45) is 0 Å². The summed E-state index contributed by atoms with van der Waals surface area (Å²) in [6.07, 6.45) is -0.708. The second kappa shape index (κ2) is 6.93. The van der Waals surface area contributed by atoms with Crippen molar-refractivity contribution >= 4 is 23.2 Å². The fraction of sp³-hybridized carbons (Fsp3) is 0.294. The Kier molecular flexibility index (Phi) is 4.73.